The highest BCUT2D eigenvalue weighted by molar-refractivity contribution is 5.87. The molecule has 2 saturated heterocycles. The summed E-state index contributed by atoms with van der Waals surface area (Å²) in [5.74, 6) is 0.873. The number of aliphatic hydroxyl groups is 1. The van der Waals surface area contributed by atoms with E-state index in [9.17, 15) is 14.7 Å². The molecule has 148 valence electrons. The average Bonchev–Trinajstić information content (AvgIpc) is 3.01. The Hall–Kier alpha value is -1.73. The molecule has 0 aromatic carbocycles. The van der Waals surface area contributed by atoms with Gasteiger partial charge in [-0.3, -0.25) is 14.5 Å². The maximum atomic E-state index is 13.6. The predicted octanol–water partition coefficient (Wildman–Crippen LogP) is 1.34. The van der Waals surface area contributed by atoms with Crippen LogP contribution < -0.4 is 5.56 Å². The SMILES string of the molecule is Cc1nc(CN2CCCC23CCCN(C2CCC(O)CC2)C3=O)cc(=O)[nH]1. The van der Waals surface area contributed by atoms with Gasteiger partial charge in [0.15, 0.2) is 0 Å². The van der Waals surface area contributed by atoms with Crippen LogP contribution in [0.25, 0.3) is 0 Å². The number of nitrogens with zero attached hydrogens (tertiary/aromatic N) is 3. The van der Waals surface area contributed by atoms with Crippen molar-refractivity contribution in [2.45, 2.75) is 82.5 Å². The minimum atomic E-state index is -0.438. The molecule has 0 bridgehead atoms. The van der Waals surface area contributed by atoms with Crippen LogP contribution in [0.3, 0.4) is 0 Å². The van der Waals surface area contributed by atoms with Gasteiger partial charge >= 0.3 is 0 Å². The Morgan fingerprint density at radius 3 is 2.59 bits per heavy atom. The molecule has 1 aromatic rings. The van der Waals surface area contributed by atoms with Crippen molar-refractivity contribution in [3.05, 3.63) is 27.9 Å². The van der Waals surface area contributed by atoms with Crippen molar-refractivity contribution in [2.24, 2.45) is 0 Å². The maximum absolute atomic E-state index is 13.6. The van der Waals surface area contributed by atoms with Gasteiger partial charge in [0.05, 0.1) is 11.8 Å². The zero-order valence-corrected chi connectivity index (χ0v) is 16.1. The number of nitrogens with one attached hydrogen (secondary N) is 1. The standard InChI is InChI=1S/C20H30N4O3/c1-14-21-15(12-18(26)22-14)13-23-10-2-8-20(23)9-3-11-24(19(20)27)16-4-6-17(25)7-5-16/h12,16-17,25H,2-11,13H2,1H3,(H,21,22,26). The first-order chi connectivity index (χ1) is 13.0. The van der Waals surface area contributed by atoms with Gasteiger partial charge in [0.25, 0.3) is 5.56 Å². The van der Waals surface area contributed by atoms with Crippen molar-refractivity contribution < 1.29 is 9.90 Å². The van der Waals surface area contributed by atoms with Crippen molar-refractivity contribution in [2.75, 3.05) is 13.1 Å². The molecule has 1 unspecified atom stereocenters. The lowest BCUT2D eigenvalue weighted by Crippen LogP contribution is -2.62. The van der Waals surface area contributed by atoms with Gasteiger partial charge in [-0.05, 0) is 64.8 Å². The van der Waals surface area contributed by atoms with Crippen LogP contribution in [0.5, 0.6) is 0 Å². The number of rotatable bonds is 3. The Bertz CT molecular complexity index is 756. The second-order valence-corrected chi connectivity index (χ2v) is 8.44. The first kappa shape index (κ1) is 18.6. The molecular formula is C20H30N4O3. The molecule has 2 N–H and O–H groups in total. The van der Waals surface area contributed by atoms with E-state index < -0.39 is 5.54 Å². The van der Waals surface area contributed by atoms with Crippen LogP contribution in [0.1, 0.15) is 62.9 Å². The fourth-order valence-electron chi connectivity index (χ4n) is 5.34. The number of amides is 1. The molecule has 27 heavy (non-hydrogen) atoms. The number of carbonyl (C=O) groups is 1. The molecule has 1 amide bonds. The van der Waals surface area contributed by atoms with Crippen LogP contribution in [-0.4, -0.2) is 61.6 Å². The zero-order valence-electron chi connectivity index (χ0n) is 16.1. The van der Waals surface area contributed by atoms with E-state index in [1.54, 1.807) is 13.0 Å². The molecule has 1 saturated carbocycles. The number of aromatic nitrogens is 2. The average molecular weight is 374 g/mol. The van der Waals surface area contributed by atoms with Crippen molar-refractivity contribution in [3.63, 3.8) is 0 Å². The second-order valence-electron chi connectivity index (χ2n) is 8.44. The van der Waals surface area contributed by atoms with Gasteiger partial charge in [-0.25, -0.2) is 4.98 Å². The number of carbonyl (C=O) groups excluding carboxylic acids is 1. The highest BCUT2D eigenvalue weighted by Gasteiger charge is 2.52. The van der Waals surface area contributed by atoms with Crippen molar-refractivity contribution in [1.82, 2.24) is 19.8 Å². The molecule has 1 aliphatic carbocycles. The summed E-state index contributed by atoms with van der Waals surface area (Å²) < 4.78 is 0. The highest BCUT2D eigenvalue weighted by Crippen LogP contribution is 2.40. The van der Waals surface area contributed by atoms with Gasteiger partial charge < -0.3 is 15.0 Å². The maximum Gasteiger partial charge on any atom is 0.251 e. The van der Waals surface area contributed by atoms with Crippen LogP contribution in [0.2, 0.25) is 0 Å². The summed E-state index contributed by atoms with van der Waals surface area (Å²) in [5, 5.41) is 9.80. The monoisotopic (exact) mass is 374 g/mol. The van der Waals surface area contributed by atoms with E-state index in [1.807, 2.05) is 0 Å². The summed E-state index contributed by atoms with van der Waals surface area (Å²) in [4.78, 5) is 36.9. The van der Waals surface area contributed by atoms with E-state index in [-0.39, 0.29) is 23.6 Å². The molecule has 3 heterocycles. The van der Waals surface area contributed by atoms with Crippen LogP contribution in [0, 0.1) is 6.92 Å². The van der Waals surface area contributed by atoms with E-state index in [0.29, 0.717) is 12.4 Å². The van der Waals surface area contributed by atoms with Crippen LogP contribution in [-0.2, 0) is 11.3 Å². The lowest BCUT2D eigenvalue weighted by atomic mass is 9.82. The zero-order chi connectivity index (χ0) is 19.0. The van der Waals surface area contributed by atoms with E-state index in [1.165, 1.54) is 0 Å². The molecule has 2 aliphatic heterocycles. The largest absolute Gasteiger partial charge is 0.393 e. The number of hydrogen-bond acceptors (Lipinski definition) is 5. The van der Waals surface area contributed by atoms with E-state index in [4.69, 9.17) is 0 Å². The number of aryl methyl sites for hydroxylation is 1. The Balaban J connectivity index is 1.54. The fourth-order valence-corrected chi connectivity index (χ4v) is 5.34. The fraction of sp³-hybridized carbons (Fsp3) is 0.750. The van der Waals surface area contributed by atoms with Gasteiger partial charge in [-0.15, -0.1) is 0 Å². The summed E-state index contributed by atoms with van der Waals surface area (Å²) >= 11 is 0. The molecule has 1 spiro atoms. The molecule has 3 fully saturated rings. The third-order valence-electron chi connectivity index (χ3n) is 6.65. The second kappa shape index (κ2) is 7.36. The van der Waals surface area contributed by atoms with Crippen molar-refractivity contribution in [1.29, 1.82) is 0 Å². The van der Waals surface area contributed by atoms with Gasteiger partial charge in [-0.1, -0.05) is 0 Å². The van der Waals surface area contributed by atoms with Gasteiger partial charge in [0.1, 0.15) is 11.4 Å². The molecule has 7 nitrogen and oxygen atoms in total. The minimum absolute atomic E-state index is 0.136. The van der Waals surface area contributed by atoms with E-state index >= 15 is 0 Å². The smallest absolute Gasteiger partial charge is 0.251 e. The Kier molecular flexibility index (Phi) is 5.07. The number of likely N-dealkylation sites (tertiary alicyclic amines) is 2. The molecule has 4 rings (SSSR count). The summed E-state index contributed by atoms with van der Waals surface area (Å²) in [5.41, 5.74) is 0.165. The highest BCUT2D eigenvalue weighted by atomic mass is 16.3. The number of hydrogen-bond donors (Lipinski definition) is 2. The van der Waals surface area contributed by atoms with Crippen LogP contribution >= 0.6 is 0 Å². The van der Waals surface area contributed by atoms with Gasteiger partial charge in [0.2, 0.25) is 5.91 Å². The molecular weight excluding hydrogens is 344 g/mol. The predicted molar refractivity (Wildman–Crippen MR) is 101 cm³/mol. The summed E-state index contributed by atoms with van der Waals surface area (Å²) in [6.45, 7) is 4.04. The molecule has 7 heteroatoms. The normalized spacial score (nSPS) is 32.4. The first-order valence-electron chi connectivity index (χ1n) is 10.3. The molecule has 3 aliphatic rings. The number of H-pyrrole nitrogens is 1. The van der Waals surface area contributed by atoms with Crippen LogP contribution in [0.15, 0.2) is 10.9 Å². The Morgan fingerprint density at radius 2 is 1.89 bits per heavy atom. The van der Waals surface area contributed by atoms with Gasteiger partial charge in [0, 0.05) is 25.2 Å². The Morgan fingerprint density at radius 1 is 1.19 bits per heavy atom. The third kappa shape index (κ3) is 3.55. The van der Waals surface area contributed by atoms with E-state index in [0.717, 1.165) is 70.2 Å². The van der Waals surface area contributed by atoms with E-state index in [2.05, 4.69) is 19.8 Å². The van der Waals surface area contributed by atoms with Gasteiger partial charge in [-0.2, -0.15) is 0 Å². The number of piperidine rings is 1. The molecule has 0 radical (unpaired) electrons. The quantitative estimate of drug-likeness (QED) is 0.833. The number of aliphatic hydroxyl groups excluding tert-OH is 1. The summed E-state index contributed by atoms with van der Waals surface area (Å²) in [6.07, 6.45) is 6.98. The Labute approximate surface area is 159 Å². The number of aromatic amines is 1. The first-order valence-corrected chi connectivity index (χ1v) is 10.3. The van der Waals surface area contributed by atoms with Crippen molar-refractivity contribution >= 4 is 5.91 Å². The molecule has 1 aromatic heterocycles. The van der Waals surface area contributed by atoms with Crippen LogP contribution in [0.4, 0.5) is 0 Å². The third-order valence-corrected chi connectivity index (χ3v) is 6.65. The summed E-state index contributed by atoms with van der Waals surface area (Å²) in [6, 6.07) is 1.81. The van der Waals surface area contributed by atoms with Crippen molar-refractivity contribution in [3.8, 4) is 0 Å². The lowest BCUT2D eigenvalue weighted by Gasteiger charge is -2.48. The lowest BCUT2D eigenvalue weighted by molar-refractivity contribution is -0.152. The summed E-state index contributed by atoms with van der Waals surface area (Å²) in [7, 11) is 0. The molecule has 1 atom stereocenters. The topological polar surface area (TPSA) is 89.5 Å². The minimum Gasteiger partial charge on any atom is -0.393 e.